The molecule has 0 saturated heterocycles. The van der Waals surface area contributed by atoms with E-state index in [-0.39, 0.29) is 11.1 Å². The average Bonchev–Trinajstić information content (AvgIpc) is 3.03. The Morgan fingerprint density at radius 1 is 1.35 bits per heavy atom. The zero-order valence-corrected chi connectivity index (χ0v) is 13.6. The molecule has 0 radical (unpaired) electrons. The van der Waals surface area contributed by atoms with Crippen molar-refractivity contribution < 1.29 is 9.53 Å². The van der Waals surface area contributed by atoms with E-state index in [0.717, 1.165) is 23.4 Å². The molecule has 1 aliphatic rings. The third kappa shape index (κ3) is 3.37. The molecule has 0 unspecified atom stereocenters. The monoisotopic (exact) mass is 328 g/mol. The molecule has 0 spiro atoms. The Morgan fingerprint density at radius 3 is 3.00 bits per heavy atom. The van der Waals surface area contributed by atoms with E-state index >= 15 is 0 Å². The number of rotatable bonds is 4. The number of allylic oxidation sites excluding steroid dienone is 1. The number of nitrogens with zero attached hydrogens (tertiary/aromatic N) is 2. The molecule has 2 heterocycles. The van der Waals surface area contributed by atoms with Crippen LogP contribution in [0.2, 0.25) is 5.15 Å². The number of pyridine rings is 1. The van der Waals surface area contributed by atoms with Gasteiger partial charge < -0.3 is 9.64 Å². The highest BCUT2D eigenvalue weighted by atomic mass is 35.5. The molecular weight excluding hydrogens is 312 g/mol. The molecule has 0 atom stereocenters. The SMILES string of the molecule is COc1cccc(CC2=CCCN2C(=O)c2cccnc2Cl)c1. The number of halogens is 1. The Hall–Kier alpha value is -2.33. The van der Waals surface area contributed by atoms with E-state index in [1.54, 1.807) is 30.3 Å². The van der Waals surface area contributed by atoms with Crippen LogP contribution in [-0.2, 0) is 6.42 Å². The van der Waals surface area contributed by atoms with Gasteiger partial charge >= 0.3 is 0 Å². The van der Waals surface area contributed by atoms with Gasteiger partial charge in [-0.25, -0.2) is 4.98 Å². The summed E-state index contributed by atoms with van der Waals surface area (Å²) in [5.74, 6) is 0.712. The van der Waals surface area contributed by atoms with Crippen molar-refractivity contribution in [1.29, 1.82) is 0 Å². The van der Waals surface area contributed by atoms with E-state index in [4.69, 9.17) is 16.3 Å². The first-order chi connectivity index (χ1) is 11.2. The number of methoxy groups -OCH3 is 1. The van der Waals surface area contributed by atoms with Gasteiger partial charge in [0.1, 0.15) is 10.9 Å². The molecule has 118 valence electrons. The van der Waals surface area contributed by atoms with E-state index in [2.05, 4.69) is 11.1 Å². The molecule has 0 N–H and O–H groups in total. The standard InChI is InChI=1S/C18H17ClN2O2/c1-23-15-7-2-5-13(12-15)11-14-6-4-10-21(14)18(22)16-8-3-9-20-17(16)19/h2-3,5-9,12H,4,10-11H2,1H3. The molecule has 0 fully saturated rings. The fourth-order valence-corrected chi connectivity index (χ4v) is 2.90. The number of hydrogen-bond donors (Lipinski definition) is 0. The second kappa shape index (κ2) is 6.84. The summed E-state index contributed by atoms with van der Waals surface area (Å²) in [5.41, 5.74) is 2.53. The molecule has 2 aromatic rings. The number of ether oxygens (including phenoxy) is 1. The Balaban J connectivity index is 1.80. The summed E-state index contributed by atoms with van der Waals surface area (Å²) >= 11 is 6.05. The van der Waals surface area contributed by atoms with Crippen LogP contribution in [0.25, 0.3) is 0 Å². The van der Waals surface area contributed by atoms with Gasteiger partial charge in [0.2, 0.25) is 0 Å². The molecule has 1 aliphatic heterocycles. The summed E-state index contributed by atoms with van der Waals surface area (Å²) < 4.78 is 5.25. The first-order valence-corrected chi connectivity index (χ1v) is 7.81. The third-order valence-corrected chi connectivity index (χ3v) is 4.13. The highest BCUT2D eigenvalue weighted by Gasteiger charge is 2.25. The largest absolute Gasteiger partial charge is 0.497 e. The first-order valence-electron chi connectivity index (χ1n) is 7.43. The van der Waals surface area contributed by atoms with Crippen molar-refractivity contribution in [2.75, 3.05) is 13.7 Å². The van der Waals surface area contributed by atoms with Gasteiger partial charge in [-0.3, -0.25) is 4.79 Å². The molecule has 23 heavy (non-hydrogen) atoms. The van der Waals surface area contributed by atoms with E-state index in [9.17, 15) is 4.79 Å². The Kier molecular flexibility index (Phi) is 4.63. The smallest absolute Gasteiger partial charge is 0.261 e. The van der Waals surface area contributed by atoms with Gasteiger partial charge in [-0.2, -0.15) is 0 Å². The van der Waals surface area contributed by atoms with Crippen molar-refractivity contribution in [1.82, 2.24) is 9.88 Å². The van der Waals surface area contributed by atoms with Crippen LogP contribution in [-0.4, -0.2) is 29.4 Å². The minimum Gasteiger partial charge on any atom is -0.497 e. The summed E-state index contributed by atoms with van der Waals surface area (Å²) in [6, 6.07) is 11.3. The molecule has 4 nitrogen and oxygen atoms in total. The lowest BCUT2D eigenvalue weighted by molar-refractivity contribution is 0.0816. The van der Waals surface area contributed by atoms with Crippen LogP contribution < -0.4 is 4.74 Å². The molecule has 0 bridgehead atoms. The van der Waals surface area contributed by atoms with Gasteiger partial charge in [-0.1, -0.05) is 29.8 Å². The predicted octanol–water partition coefficient (Wildman–Crippen LogP) is 3.72. The molecule has 0 saturated carbocycles. The highest BCUT2D eigenvalue weighted by molar-refractivity contribution is 6.32. The summed E-state index contributed by atoms with van der Waals surface area (Å²) in [7, 11) is 1.65. The van der Waals surface area contributed by atoms with Crippen LogP contribution in [0.1, 0.15) is 22.3 Å². The van der Waals surface area contributed by atoms with Gasteiger partial charge in [0.15, 0.2) is 0 Å². The zero-order chi connectivity index (χ0) is 16.2. The van der Waals surface area contributed by atoms with Gasteiger partial charge in [0.25, 0.3) is 5.91 Å². The summed E-state index contributed by atoms with van der Waals surface area (Å²) in [5, 5.41) is 0.241. The van der Waals surface area contributed by atoms with Crippen molar-refractivity contribution in [2.45, 2.75) is 12.8 Å². The van der Waals surface area contributed by atoms with Crippen molar-refractivity contribution in [3.8, 4) is 5.75 Å². The highest BCUT2D eigenvalue weighted by Crippen LogP contribution is 2.25. The van der Waals surface area contributed by atoms with E-state index < -0.39 is 0 Å². The van der Waals surface area contributed by atoms with Crippen molar-refractivity contribution in [3.63, 3.8) is 0 Å². The summed E-state index contributed by atoms with van der Waals surface area (Å²) in [6.07, 6.45) is 5.21. The van der Waals surface area contributed by atoms with Gasteiger partial charge in [0, 0.05) is 24.9 Å². The Labute approximate surface area is 140 Å². The van der Waals surface area contributed by atoms with Crippen LogP contribution in [0.3, 0.4) is 0 Å². The maximum atomic E-state index is 12.7. The summed E-state index contributed by atoms with van der Waals surface area (Å²) in [6.45, 7) is 0.670. The number of aromatic nitrogens is 1. The van der Waals surface area contributed by atoms with Gasteiger partial charge in [-0.05, 0) is 36.2 Å². The molecule has 5 heteroatoms. The Bertz CT molecular complexity index is 758. The number of carbonyl (C=O) groups is 1. The van der Waals surface area contributed by atoms with Crippen LogP contribution in [0.4, 0.5) is 0 Å². The zero-order valence-electron chi connectivity index (χ0n) is 12.8. The lowest BCUT2D eigenvalue weighted by Gasteiger charge is -2.21. The lowest BCUT2D eigenvalue weighted by Crippen LogP contribution is -2.29. The molecule has 1 aromatic heterocycles. The summed E-state index contributed by atoms with van der Waals surface area (Å²) in [4.78, 5) is 18.5. The average molecular weight is 329 g/mol. The van der Waals surface area contributed by atoms with E-state index in [0.29, 0.717) is 18.5 Å². The topological polar surface area (TPSA) is 42.4 Å². The molecule has 3 rings (SSSR count). The second-order valence-electron chi connectivity index (χ2n) is 5.31. The second-order valence-corrected chi connectivity index (χ2v) is 5.67. The number of carbonyl (C=O) groups excluding carboxylic acids is 1. The van der Waals surface area contributed by atoms with Gasteiger partial charge in [0.05, 0.1) is 12.7 Å². The number of benzene rings is 1. The van der Waals surface area contributed by atoms with Crippen molar-refractivity contribution in [2.24, 2.45) is 0 Å². The van der Waals surface area contributed by atoms with Crippen LogP contribution in [0, 0.1) is 0 Å². The lowest BCUT2D eigenvalue weighted by atomic mass is 10.1. The quantitative estimate of drug-likeness (QED) is 0.803. The molecule has 1 aromatic carbocycles. The van der Waals surface area contributed by atoms with Crippen molar-refractivity contribution >= 4 is 17.5 Å². The van der Waals surface area contributed by atoms with Gasteiger partial charge in [-0.15, -0.1) is 0 Å². The minimum atomic E-state index is -0.102. The fourth-order valence-electron chi connectivity index (χ4n) is 2.70. The maximum absolute atomic E-state index is 12.7. The normalized spacial score (nSPS) is 13.8. The van der Waals surface area contributed by atoms with E-state index in [1.165, 1.54) is 0 Å². The number of amides is 1. The number of hydrogen-bond acceptors (Lipinski definition) is 3. The predicted molar refractivity (Wildman–Crippen MR) is 89.7 cm³/mol. The van der Waals surface area contributed by atoms with E-state index in [1.807, 2.05) is 24.3 Å². The van der Waals surface area contributed by atoms with Crippen LogP contribution in [0.15, 0.2) is 54.4 Å². The maximum Gasteiger partial charge on any atom is 0.261 e. The van der Waals surface area contributed by atoms with Crippen LogP contribution >= 0.6 is 11.6 Å². The minimum absolute atomic E-state index is 0.102. The molecule has 1 amide bonds. The molecule has 0 aliphatic carbocycles. The molecular formula is C18H17ClN2O2. The third-order valence-electron chi connectivity index (χ3n) is 3.83. The fraction of sp³-hybridized carbons (Fsp3) is 0.222. The van der Waals surface area contributed by atoms with Crippen molar-refractivity contribution in [3.05, 3.63) is 70.6 Å². The Morgan fingerprint density at radius 2 is 2.22 bits per heavy atom. The van der Waals surface area contributed by atoms with Crippen LogP contribution in [0.5, 0.6) is 5.75 Å². The first kappa shape index (κ1) is 15.6.